The third-order valence-corrected chi connectivity index (χ3v) is 3.67. The number of methoxy groups -OCH3 is 1. The van der Waals surface area contributed by atoms with Crippen molar-refractivity contribution in [3.8, 4) is 0 Å². The average molecular weight is 373 g/mol. The molecule has 0 aromatic carbocycles. The third kappa shape index (κ3) is 10.5. The van der Waals surface area contributed by atoms with Gasteiger partial charge in [0.1, 0.15) is 5.60 Å². The number of carbonyl (C=O) groups excluding carboxylic acids is 1. The van der Waals surface area contributed by atoms with Gasteiger partial charge < -0.3 is 29.7 Å². The number of guanidine groups is 1. The molecule has 26 heavy (non-hydrogen) atoms. The number of amides is 1. The highest BCUT2D eigenvalue weighted by molar-refractivity contribution is 5.79. The van der Waals surface area contributed by atoms with Crippen LogP contribution in [0.15, 0.2) is 4.99 Å². The highest BCUT2D eigenvalue weighted by atomic mass is 16.6. The standard InChI is InChI=1S/C18H36N4O4/c1-18(2,3)26-17(23)22(15-7-8-15)11-10-21-16(19-4)20-9-6-12-25-14-13-24-5/h15H,6-14H2,1-5H3,(H2,19,20,21). The van der Waals surface area contributed by atoms with Gasteiger partial charge in [-0.25, -0.2) is 4.79 Å². The maximum atomic E-state index is 12.3. The van der Waals surface area contributed by atoms with Gasteiger partial charge in [-0.1, -0.05) is 0 Å². The molecule has 1 amide bonds. The van der Waals surface area contributed by atoms with Crippen LogP contribution in [-0.4, -0.2) is 82.2 Å². The molecule has 0 radical (unpaired) electrons. The fraction of sp³-hybridized carbons (Fsp3) is 0.889. The van der Waals surface area contributed by atoms with Crippen LogP contribution < -0.4 is 10.6 Å². The molecule has 0 bridgehead atoms. The Morgan fingerprint density at radius 1 is 1.15 bits per heavy atom. The Kier molecular flexibility index (Phi) is 10.3. The van der Waals surface area contributed by atoms with Crippen molar-refractivity contribution < 1.29 is 19.0 Å². The summed E-state index contributed by atoms with van der Waals surface area (Å²) in [5.74, 6) is 0.724. The van der Waals surface area contributed by atoms with Gasteiger partial charge in [0.2, 0.25) is 0 Å². The molecule has 1 aliphatic rings. The molecular weight excluding hydrogens is 336 g/mol. The van der Waals surface area contributed by atoms with Gasteiger partial charge in [-0.05, 0) is 40.0 Å². The summed E-state index contributed by atoms with van der Waals surface area (Å²) >= 11 is 0. The third-order valence-electron chi connectivity index (χ3n) is 3.67. The molecule has 8 nitrogen and oxygen atoms in total. The number of aliphatic imine (C=N–C) groups is 1. The minimum Gasteiger partial charge on any atom is -0.444 e. The van der Waals surface area contributed by atoms with E-state index in [-0.39, 0.29) is 6.09 Å². The van der Waals surface area contributed by atoms with Gasteiger partial charge in [0.15, 0.2) is 5.96 Å². The zero-order chi connectivity index (χ0) is 19.4. The Balaban J connectivity index is 2.22. The molecule has 0 aliphatic heterocycles. The van der Waals surface area contributed by atoms with E-state index in [1.54, 1.807) is 14.2 Å². The van der Waals surface area contributed by atoms with E-state index in [1.807, 2.05) is 25.7 Å². The van der Waals surface area contributed by atoms with E-state index in [0.29, 0.717) is 39.0 Å². The summed E-state index contributed by atoms with van der Waals surface area (Å²) in [7, 11) is 3.39. The SMILES string of the molecule is CN=C(NCCCOCCOC)NCCN(C(=O)OC(C)(C)C)C1CC1. The Morgan fingerprint density at radius 2 is 1.85 bits per heavy atom. The Hall–Kier alpha value is -1.54. The van der Waals surface area contributed by atoms with E-state index in [9.17, 15) is 4.79 Å². The molecule has 8 heteroatoms. The summed E-state index contributed by atoms with van der Waals surface area (Å²) in [6.07, 6.45) is 2.75. The zero-order valence-corrected chi connectivity index (χ0v) is 17.0. The predicted molar refractivity (Wildman–Crippen MR) is 103 cm³/mol. The highest BCUT2D eigenvalue weighted by Crippen LogP contribution is 2.27. The zero-order valence-electron chi connectivity index (χ0n) is 17.0. The molecule has 0 spiro atoms. The lowest BCUT2D eigenvalue weighted by Gasteiger charge is -2.27. The number of ether oxygens (including phenoxy) is 3. The monoisotopic (exact) mass is 372 g/mol. The van der Waals surface area contributed by atoms with Crippen molar-refractivity contribution in [2.45, 2.75) is 51.7 Å². The molecule has 2 N–H and O–H groups in total. The van der Waals surface area contributed by atoms with Gasteiger partial charge in [-0.2, -0.15) is 0 Å². The van der Waals surface area contributed by atoms with E-state index in [1.165, 1.54) is 0 Å². The molecule has 0 aromatic rings. The molecular formula is C18H36N4O4. The molecule has 0 aromatic heterocycles. The molecule has 1 rings (SSSR count). The van der Waals surface area contributed by atoms with Crippen molar-refractivity contribution in [1.29, 1.82) is 0 Å². The summed E-state index contributed by atoms with van der Waals surface area (Å²) in [5, 5.41) is 6.48. The van der Waals surface area contributed by atoms with E-state index in [4.69, 9.17) is 14.2 Å². The van der Waals surface area contributed by atoms with E-state index in [2.05, 4.69) is 15.6 Å². The van der Waals surface area contributed by atoms with Crippen molar-refractivity contribution >= 4 is 12.1 Å². The van der Waals surface area contributed by atoms with Crippen LogP contribution in [0.2, 0.25) is 0 Å². The first-order valence-electron chi connectivity index (χ1n) is 9.38. The van der Waals surface area contributed by atoms with E-state index >= 15 is 0 Å². The largest absolute Gasteiger partial charge is 0.444 e. The molecule has 1 fully saturated rings. The number of hydrogen-bond donors (Lipinski definition) is 2. The van der Waals surface area contributed by atoms with E-state index < -0.39 is 5.60 Å². The molecule has 152 valence electrons. The van der Waals surface area contributed by atoms with Gasteiger partial charge in [0.05, 0.1) is 13.2 Å². The smallest absolute Gasteiger partial charge is 0.410 e. The number of nitrogens with one attached hydrogen (secondary N) is 2. The number of rotatable bonds is 11. The predicted octanol–water partition coefficient (Wildman–Crippen LogP) is 1.60. The Morgan fingerprint density at radius 3 is 2.42 bits per heavy atom. The topological polar surface area (TPSA) is 84.4 Å². The first kappa shape index (κ1) is 22.5. The fourth-order valence-corrected chi connectivity index (χ4v) is 2.27. The van der Waals surface area contributed by atoms with Crippen LogP contribution in [0.3, 0.4) is 0 Å². The van der Waals surface area contributed by atoms with Gasteiger partial charge >= 0.3 is 6.09 Å². The molecule has 1 saturated carbocycles. The van der Waals surface area contributed by atoms with Crippen molar-refractivity contribution in [2.75, 3.05) is 53.6 Å². The first-order valence-corrected chi connectivity index (χ1v) is 9.38. The number of nitrogens with zero attached hydrogens (tertiary/aromatic N) is 2. The van der Waals surface area contributed by atoms with Crippen LogP contribution >= 0.6 is 0 Å². The maximum absolute atomic E-state index is 12.3. The van der Waals surface area contributed by atoms with Crippen molar-refractivity contribution in [2.24, 2.45) is 4.99 Å². The minimum absolute atomic E-state index is 0.238. The summed E-state index contributed by atoms with van der Waals surface area (Å²) in [4.78, 5) is 18.3. The molecule has 0 unspecified atom stereocenters. The van der Waals surface area contributed by atoms with Gasteiger partial charge in [0, 0.05) is 46.4 Å². The van der Waals surface area contributed by atoms with Crippen molar-refractivity contribution in [1.82, 2.24) is 15.5 Å². The molecule has 1 aliphatic carbocycles. The lowest BCUT2D eigenvalue weighted by molar-refractivity contribution is 0.0238. The van der Waals surface area contributed by atoms with Crippen LogP contribution in [0.25, 0.3) is 0 Å². The molecule has 0 saturated heterocycles. The van der Waals surface area contributed by atoms with Crippen LogP contribution in [0.5, 0.6) is 0 Å². The average Bonchev–Trinajstić information content (AvgIpc) is 3.39. The lowest BCUT2D eigenvalue weighted by atomic mass is 10.2. The minimum atomic E-state index is -0.472. The number of carbonyl (C=O) groups is 1. The van der Waals surface area contributed by atoms with E-state index in [0.717, 1.165) is 31.8 Å². The van der Waals surface area contributed by atoms with Gasteiger partial charge in [-0.3, -0.25) is 4.99 Å². The second kappa shape index (κ2) is 12.0. The summed E-state index contributed by atoms with van der Waals surface area (Å²) in [6, 6.07) is 0.311. The van der Waals surface area contributed by atoms with Gasteiger partial charge in [0.25, 0.3) is 0 Å². The second-order valence-electron chi connectivity index (χ2n) is 7.29. The summed E-state index contributed by atoms with van der Waals surface area (Å²) in [5.41, 5.74) is -0.472. The van der Waals surface area contributed by atoms with Crippen molar-refractivity contribution in [3.05, 3.63) is 0 Å². The van der Waals surface area contributed by atoms with Crippen LogP contribution in [-0.2, 0) is 14.2 Å². The van der Waals surface area contributed by atoms with Crippen molar-refractivity contribution in [3.63, 3.8) is 0 Å². The highest BCUT2D eigenvalue weighted by Gasteiger charge is 2.34. The fourth-order valence-electron chi connectivity index (χ4n) is 2.27. The second-order valence-corrected chi connectivity index (χ2v) is 7.29. The van der Waals surface area contributed by atoms with Crippen LogP contribution in [0, 0.1) is 0 Å². The summed E-state index contributed by atoms with van der Waals surface area (Å²) < 4.78 is 15.8. The number of hydrogen-bond acceptors (Lipinski definition) is 5. The quantitative estimate of drug-likeness (QED) is 0.326. The Bertz CT molecular complexity index is 433. The summed E-state index contributed by atoms with van der Waals surface area (Å²) in [6.45, 7) is 9.57. The van der Waals surface area contributed by atoms with Gasteiger partial charge in [-0.15, -0.1) is 0 Å². The maximum Gasteiger partial charge on any atom is 0.410 e. The lowest BCUT2D eigenvalue weighted by Crippen LogP contribution is -2.45. The molecule has 0 heterocycles. The first-order chi connectivity index (χ1) is 12.4. The van der Waals surface area contributed by atoms with Crippen LogP contribution in [0.4, 0.5) is 4.79 Å². The molecule has 0 atom stereocenters. The Labute approximate surface area is 157 Å². The normalized spacial score (nSPS) is 14.9. The van der Waals surface area contributed by atoms with Crippen LogP contribution in [0.1, 0.15) is 40.0 Å².